The Morgan fingerprint density at radius 1 is 1.00 bits per heavy atom. The van der Waals surface area contributed by atoms with Crippen molar-refractivity contribution in [2.75, 3.05) is 18.0 Å². The number of imide groups is 1. The minimum atomic E-state index is -0.291. The highest BCUT2D eigenvalue weighted by atomic mass is 79.9. The fourth-order valence-electron chi connectivity index (χ4n) is 3.22. The van der Waals surface area contributed by atoms with E-state index in [9.17, 15) is 9.59 Å². The molecule has 2 amide bonds. The topological polar surface area (TPSA) is 40.6 Å². The van der Waals surface area contributed by atoms with Crippen LogP contribution in [-0.4, -0.2) is 35.8 Å². The van der Waals surface area contributed by atoms with Crippen LogP contribution in [0.15, 0.2) is 27.1 Å². The van der Waals surface area contributed by atoms with Gasteiger partial charge in [-0.15, -0.1) is 0 Å². The van der Waals surface area contributed by atoms with Gasteiger partial charge in [0.15, 0.2) is 0 Å². The summed E-state index contributed by atoms with van der Waals surface area (Å²) in [6.07, 6.45) is 4.95. The molecule has 2 heterocycles. The zero-order valence-corrected chi connectivity index (χ0v) is 15.4. The molecule has 6 heteroatoms. The monoisotopic (exact) mass is 428 g/mol. The van der Waals surface area contributed by atoms with Crippen LogP contribution in [0.5, 0.6) is 0 Å². The maximum absolute atomic E-state index is 12.8. The lowest BCUT2D eigenvalue weighted by molar-refractivity contribution is -0.122. The molecule has 0 N–H and O–H groups in total. The summed E-state index contributed by atoms with van der Waals surface area (Å²) in [5.41, 5.74) is 0.635. The van der Waals surface area contributed by atoms with Gasteiger partial charge in [-0.2, -0.15) is 0 Å². The number of amides is 2. The molecule has 0 aromatic heterocycles. The fraction of sp³-hybridized carbons (Fsp3) is 0.500. The molecule has 0 bridgehead atoms. The quantitative estimate of drug-likeness (QED) is 0.672. The molecule has 2 aliphatic heterocycles. The van der Waals surface area contributed by atoms with E-state index < -0.39 is 0 Å². The SMILES string of the molecule is O=C1C[C@@H](N2CCCCCC2)C(=O)N1c1ccc(Br)cc1Br. The molecule has 118 valence electrons. The average molecular weight is 430 g/mol. The number of anilines is 1. The molecule has 2 aliphatic rings. The van der Waals surface area contributed by atoms with E-state index in [1.807, 2.05) is 12.1 Å². The second kappa shape index (κ2) is 6.81. The van der Waals surface area contributed by atoms with Gasteiger partial charge in [-0.1, -0.05) is 28.8 Å². The van der Waals surface area contributed by atoms with Crippen LogP contribution in [0.4, 0.5) is 5.69 Å². The van der Waals surface area contributed by atoms with Crippen molar-refractivity contribution in [3.05, 3.63) is 27.1 Å². The predicted molar refractivity (Wildman–Crippen MR) is 92.8 cm³/mol. The minimum absolute atomic E-state index is 0.0880. The van der Waals surface area contributed by atoms with Gasteiger partial charge in [0.25, 0.3) is 5.91 Å². The Balaban J connectivity index is 1.84. The molecule has 1 aromatic carbocycles. The molecule has 2 fully saturated rings. The highest BCUT2D eigenvalue weighted by molar-refractivity contribution is 9.11. The van der Waals surface area contributed by atoms with Crippen molar-refractivity contribution < 1.29 is 9.59 Å². The van der Waals surface area contributed by atoms with Crippen molar-refractivity contribution in [1.29, 1.82) is 0 Å². The van der Waals surface area contributed by atoms with E-state index in [0.29, 0.717) is 12.1 Å². The van der Waals surface area contributed by atoms with Crippen LogP contribution in [0.25, 0.3) is 0 Å². The van der Waals surface area contributed by atoms with Crippen LogP contribution in [0, 0.1) is 0 Å². The summed E-state index contributed by atoms with van der Waals surface area (Å²) in [4.78, 5) is 28.7. The minimum Gasteiger partial charge on any atom is -0.292 e. The Morgan fingerprint density at radius 3 is 2.32 bits per heavy atom. The second-order valence-electron chi connectivity index (χ2n) is 5.83. The number of carbonyl (C=O) groups is 2. The smallest absolute Gasteiger partial charge is 0.251 e. The lowest BCUT2D eigenvalue weighted by Crippen LogP contribution is -2.42. The molecule has 2 saturated heterocycles. The number of hydrogen-bond acceptors (Lipinski definition) is 3. The lowest BCUT2D eigenvalue weighted by Gasteiger charge is -2.25. The number of carbonyl (C=O) groups excluding carboxylic acids is 2. The van der Waals surface area contributed by atoms with E-state index in [0.717, 1.165) is 34.9 Å². The van der Waals surface area contributed by atoms with E-state index in [1.54, 1.807) is 6.07 Å². The number of halogens is 2. The van der Waals surface area contributed by atoms with Gasteiger partial charge in [0.1, 0.15) is 0 Å². The first kappa shape index (κ1) is 16.1. The van der Waals surface area contributed by atoms with Crippen molar-refractivity contribution in [3.8, 4) is 0 Å². The summed E-state index contributed by atoms with van der Waals surface area (Å²) in [7, 11) is 0. The first-order valence-corrected chi connectivity index (χ1v) is 9.22. The van der Waals surface area contributed by atoms with Gasteiger partial charge < -0.3 is 0 Å². The molecule has 4 nitrogen and oxygen atoms in total. The summed E-state index contributed by atoms with van der Waals surface area (Å²) in [5, 5.41) is 0. The van der Waals surface area contributed by atoms with Crippen LogP contribution >= 0.6 is 31.9 Å². The summed E-state index contributed by atoms with van der Waals surface area (Å²) in [5.74, 6) is -0.197. The van der Waals surface area contributed by atoms with Crippen molar-refractivity contribution in [3.63, 3.8) is 0 Å². The third kappa shape index (κ3) is 3.14. The molecule has 0 spiro atoms. The molecule has 0 saturated carbocycles. The number of hydrogen-bond donors (Lipinski definition) is 0. The van der Waals surface area contributed by atoms with E-state index in [-0.39, 0.29) is 17.9 Å². The molecule has 0 aliphatic carbocycles. The van der Waals surface area contributed by atoms with Gasteiger partial charge in [0.2, 0.25) is 5.91 Å². The molecule has 0 unspecified atom stereocenters. The zero-order chi connectivity index (χ0) is 15.7. The number of likely N-dealkylation sites (tertiary alicyclic amines) is 1. The third-order valence-electron chi connectivity index (χ3n) is 4.35. The molecule has 1 aromatic rings. The average Bonchev–Trinajstić information content (AvgIpc) is 2.69. The van der Waals surface area contributed by atoms with E-state index >= 15 is 0 Å². The van der Waals surface area contributed by atoms with Crippen LogP contribution in [0.2, 0.25) is 0 Å². The maximum atomic E-state index is 12.8. The Morgan fingerprint density at radius 2 is 1.68 bits per heavy atom. The van der Waals surface area contributed by atoms with E-state index in [4.69, 9.17) is 0 Å². The largest absolute Gasteiger partial charge is 0.292 e. The second-order valence-corrected chi connectivity index (χ2v) is 7.60. The highest BCUT2D eigenvalue weighted by Crippen LogP contribution is 2.34. The third-order valence-corrected chi connectivity index (χ3v) is 5.48. The van der Waals surface area contributed by atoms with E-state index in [1.165, 1.54) is 17.7 Å². The normalized spacial score (nSPS) is 23.9. The number of nitrogens with zero attached hydrogens (tertiary/aromatic N) is 2. The van der Waals surface area contributed by atoms with Crippen LogP contribution in [0.3, 0.4) is 0 Å². The van der Waals surface area contributed by atoms with Crippen molar-refractivity contribution in [2.45, 2.75) is 38.1 Å². The summed E-state index contributed by atoms with van der Waals surface area (Å²) >= 11 is 6.84. The Labute approximate surface area is 147 Å². The summed E-state index contributed by atoms with van der Waals surface area (Å²) < 4.78 is 1.66. The van der Waals surface area contributed by atoms with Crippen LogP contribution in [0.1, 0.15) is 32.1 Å². The summed E-state index contributed by atoms with van der Waals surface area (Å²) in [6, 6.07) is 5.21. The van der Waals surface area contributed by atoms with Crippen molar-refractivity contribution in [1.82, 2.24) is 4.90 Å². The van der Waals surface area contributed by atoms with Gasteiger partial charge in [-0.25, -0.2) is 4.90 Å². The van der Waals surface area contributed by atoms with Crippen molar-refractivity contribution in [2.24, 2.45) is 0 Å². The van der Waals surface area contributed by atoms with E-state index in [2.05, 4.69) is 36.8 Å². The molecule has 0 radical (unpaired) electrons. The Hall–Kier alpha value is -0.720. The van der Waals surface area contributed by atoms with Crippen LogP contribution in [-0.2, 0) is 9.59 Å². The Kier molecular flexibility index (Phi) is 5.00. The Bertz CT molecular complexity index is 598. The predicted octanol–water partition coefficient (Wildman–Crippen LogP) is 3.72. The van der Waals surface area contributed by atoms with Gasteiger partial charge in [0, 0.05) is 8.95 Å². The number of rotatable bonds is 2. The maximum Gasteiger partial charge on any atom is 0.251 e. The van der Waals surface area contributed by atoms with Crippen molar-refractivity contribution >= 4 is 49.4 Å². The molecular formula is C16H18Br2N2O2. The highest BCUT2D eigenvalue weighted by Gasteiger charge is 2.43. The zero-order valence-electron chi connectivity index (χ0n) is 12.2. The first-order chi connectivity index (χ1) is 10.6. The van der Waals surface area contributed by atoms with Gasteiger partial charge in [-0.3, -0.25) is 14.5 Å². The first-order valence-electron chi connectivity index (χ1n) is 7.64. The molecule has 1 atom stereocenters. The van der Waals surface area contributed by atoms with Crippen LogP contribution < -0.4 is 4.90 Å². The summed E-state index contributed by atoms with van der Waals surface area (Å²) in [6.45, 7) is 1.83. The molecular weight excluding hydrogens is 412 g/mol. The standard InChI is InChI=1S/C16H18Br2N2O2/c17-11-5-6-13(12(18)9-11)20-15(21)10-14(16(20)22)19-7-3-1-2-4-8-19/h5-6,9,14H,1-4,7-8,10H2/t14-/m1/s1. The fourth-order valence-corrected chi connectivity index (χ4v) is 4.45. The molecule has 22 heavy (non-hydrogen) atoms. The lowest BCUT2D eigenvalue weighted by atomic mass is 10.2. The number of benzene rings is 1. The molecule has 3 rings (SSSR count). The van der Waals surface area contributed by atoms with Gasteiger partial charge in [0.05, 0.1) is 18.2 Å². The van der Waals surface area contributed by atoms with Gasteiger partial charge >= 0.3 is 0 Å². The van der Waals surface area contributed by atoms with Gasteiger partial charge in [-0.05, 0) is 60.1 Å².